The highest BCUT2D eigenvalue weighted by molar-refractivity contribution is 7.13. The Morgan fingerprint density at radius 2 is 2.11 bits per heavy atom. The number of hydrogen-bond donors (Lipinski definition) is 2. The highest BCUT2D eigenvalue weighted by atomic mass is 32.1. The molecule has 0 aliphatic heterocycles. The minimum Gasteiger partial charge on any atom is -0.354 e. The van der Waals surface area contributed by atoms with E-state index < -0.39 is 0 Å². The summed E-state index contributed by atoms with van der Waals surface area (Å²) in [5, 5.41) is 10.4. The number of Topliss-reactive ketones (excluding diaryl/α,β-unsaturated/α-hetero) is 1. The third-order valence-electron chi connectivity index (χ3n) is 2.60. The lowest BCUT2D eigenvalue weighted by Gasteiger charge is -2.00. The fourth-order valence-electron chi connectivity index (χ4n) is 1.89. The van der Waals surface area contributed by atoms with Crippen LogP contribution in [0.15, 0.2) is 5.51 Å². The van der Waals surface area contributed by atoms with Crippen LogP contribution in [-0.2, 0) is 0 Å². The van der Waals surface area contributed by atoms with Gasteiger partial charge in [0.1, 0.15) is 11.2 Å². The van der Waals surface area contributed by atoms with Gasteiger partial charge in [-0.2, -0.15) is 0 Å². The first kappa shape index (κ1) is 12.4. The molecule has 0 radical (unpaired) electrons. The van der Waals surface area contributed by atoms with Crippen molar-refractivity contribution in [1.82, 2.24) is 15.2 Å². The molecule has 0 aliphatic rings. The van der Waals surface area contributed by atoms with Crippen molar-refractivity contribution in [1.29, 1.82) is 0 Å². The van der Waals surface area contributed by atoms with E-state index in [1.807, 2.05) is 0 Å². The molecule has 0 spiro atoms. The lowest BCUT2D eigenvalue weighted by molar-refractivity contribution is 0.101. The number of hydrogen-bond acceptors (Lipinski definition) is 5. The molecule has 2 aromatic rings. The highest BCUT2D eigenvalue weighted by Gasteiger charge is 2.20. The van der Waals surface area contributed by atoms with Crippen molar-refractivity contribution in [2.45, 2.75) is 20.8 Å². The largest absolute Gasteiger partial charge is 0.354 e. The quantitative estimate of drug-likeness (QED) is 0.829. The van der Waals surface area contributed by atoms with Crippen LogP contribution in [0.5, 0.6) is 0 Å². The normalized spacial score (nSPS) is 10.4. The fraction of sp³-hybridized carbons (Fsp3) is 0.273. The van der Waals surface area contributed by atoms with Crippen molar-refractivity contribution >= 4 is 28.2 Å². The Kier molecular flexibility index (Phi) is 3.24. The molecule has 18 heavy (non-hydrogen) atoms. The molecule has 0 aromatic carbocycles. The van der Waals surface area contributed by atoms with Crippen LogP contribution < -0.4 is 5.32 Å². The summed E-state index contributed by atoms with van der Waals surface area (Å²) < 4.78 is 0. The molecular formula is C11H12N4O2S. The fourth-order valence-corrected chi connectivity index (χ4v) is 2.33. The number of anilines is 1. The zero-order chi connectivity index (χ0) is 13.3. The molecule has 2 N–H and O–H groups in total. The molecule has 2 heterocycles. The second-order valence-electron chi connectivity index (χ2n) is 3.88. The lowest BCUT2D eigenvalue weighted by atomic mass is 10.1. The standard InChI is InChI=1S/C11H12N4O2S/c1-5-8(7(3)16)6(2)13-9(5)10(17)14-11-15-12-4-18-11/h4,13H,1-3H3,(H,14,15,17). The second kappa shape index (κ2) is 4.69. The van der Waals surface area contributed by atoms with Gasteiger partial charge in [-0.15, -0.1) is 10.2 Å². The van der Waals surface area contributed by atoms with E-state index in [0.717, 1.165) is 0 Å². The van der Waals surface area contributed by atoms with Gasteiger partial charge in [-0.3, -0.25) is 14.9 Å². The minimum absolute atomic E-state index is 0.0591. The van der Waals surface area contributed by atoms with Crippen molar-refractivity contribution in [2.24, 2.45) is 0 Å². The van der Waals surface area contributed by atoms with E-state index in [0.29, 0.717) is 27.6 Å². The number of amides is 1. The molecule has 0 fully saturated rings. The molecule has 6 nitrogen and oxygen atoms in total. The number of ketones is 1. The molecular weight excluding hydrogens is 252 g/mol. The molecule has 2 aromatic heterocycles. The van der Waals surface area contributed by atoms with Crippen LogP contribution >= 0.6 is 11.3 Å². The molecule has 0 saturated heterocycles. The molecule has 0 saturated carbocycles. The van der Waals surface area contributed by atoms with Gasteiger partial charge < -0.3 is 4.98 Å². The number of H-pyrrole nitrogens is 1. The van der Waals surface area contributed by atoms with Gasteiger partial charge >= 0.3 is 0 Å². The Labute approximate surface area is 107 Å². The van der Waals surface area contributed by atoms with Gasteiger partial charge in [0, 0.05) is 11.3 Å². The van der Waals surface area contributed by atoms with Gasteiger partial charge in [-0.25, -0.2) is 0 Å². The van der Waals surface area contributed by atoms with E-state index >= 15 is 0 Å². The molecule has 0 aliphatic carbocycles. The number of carbonyl (C=O) groups is 2. The van der Waals surface area contributed by atoms with Gasteiger partial charge in [0.25, 0.3) is 5.91 Å². The third kappa shape index (κ3) is 2.17. The summed E-state index contributed by atoms with van der Waals surface area (Å²) in [5.74, 6) is -0.379. The van der Waals surface area contributed by atoms with Crippen molar-refractivity contribution in [2.75, 3.05) is 5.32 Å². The molecule has 94 valence electrons. The first-order valence-electron chi connectivity index (χ1n) is 5.28. The average molecular weight is 264 g/mol. The second-order valence-corrected chi connectivity index (χ2v) is 4.71. The van der Waals surface area contributed by atoms with Crippen LogP contribution in [-0.4, -0.2) is 26.9 Å². The smallest absolute Gasteiger partial charge is 0.274 e. The van der Waals surface area contributed by atoms with Gasteiger partial charge in [0.05, 0.1) is 0 Å². The summed E-state index contributed by atoms with van der Waals surface area (Å²) in [6.45, 7) is 5.00. The average Bonchev–Trinajstić information content (AvgIpc) is 2.86. The maximum Gasteiger partial charge on any atom is 0.274 e. The Morgan fingerprint density at radius 3 is 2.61 bits per heavy atom. The molecule has 0 atom stereocenters. The first-order valence-corrected chi connectivity index (χ1v) is 6.16. The zero-order valence-corrected chi connectivity index (χ0v) is 11.0. The highest BCUT2D eigenvalue weighted by Crippen LogP contribution is 2.20. The maximum absolute atomic E-state index is 12.0. The van der Waals surface area contributed by atoms with Crippen LogP contribution in [0, 0.1) is 13.8 Å². The molecule has 0 unspecified atom stereocenters. The van der Waals surface area contributed by atoms with Gasteiger partial charge in [0.15, 0.2) is 5.78 Å². The van der Waals surface area contributed by atoms with Crippen molar-refractivity contribution < 1.29 is 9.59 Å². The summed E-state index contributed by atoms with van der Waals surface area (Å²) in [6.07, 6.45) is 0. The van der Waals surface area contributed by atoms with Gasteiger partial charge in [-0.1, -0.05) is 11.3 Å². The van der Waals surface area contributed by atoms with Crippen LogP contribution in [0.2, 0.25) is 0 Å². The Hall–Kier alpha value is -2.02. The number of aromatic amines is 1. The summed E-state index contributed by atoms with van der Waals surface area (Å²) >= 11 is 1.23. The molecule has 0 bridgehead atoms. The van der Waals surface area contributed by atoms with Crippen molar-refractivity contribution in [3.05, 3.63) is 28.0 Å². The number of aryl methyl sites for hydroxylation is 1. The monoisotopic (exact) mass is 264 g/mol. The van der Waals surface area contributed by atoms with Gasteiger partial charge in [-0.05, 0) is 26.3 Å². The van der Waals surface area contributed by atoms with E-state index in [2.05, 4.69) is 20.5 Å². The van der Waals surface area contributed by atoms with Crippen molar-refractivity contribution in [3.63, 3.8) is 0 Å². The topological polar surface area (TPSA) is 87.7 Å². The van der Waals surface area contributed by atoms with Crippen LogP contribution in [0.4, 0.5) is 5.13 Å². The molecule has 1 amide bonds. The first-order chi connectivity index (χ1) is 8.50. The SMILES string of the molecule is CC(=O)c1c(C)[nH]c(C(=O)Nc2nncs2)c1C. The summed E-state index contributed by atoms with van der Waals surface area (Å²) in [4.78, 5) is 26.4. The summed E-state index contributed by atoms with van der Waals surface area (Å²) in [5.41, 5.74) is 3.83. The third-order valence-corrected chi connectivity index (χ3v) is 3.20. The summed E-state index contributed by atoms with van der Waals surface area (Å²) in [7, 11) is 0. The van der Waals surface area contributed by atoms with Gasteiger partial charge in [0.2, 0.25) is 5.13 Å². The lowest BCUT2D eigenvalue weighted by Crippen LogP contribution is -2.13. The zero-order valence-electron chi connectivity index (χ0n) is 10.2. The molecule has 2 rings (SSSR count). The van der Waals surface area contributed by atoms with E-state index in [1.165, 1.54) is 23.8 Å². The number of rotatable bonds is 3. The summed E-state index contributed by atoms with van der Waals surface area (Å²) in [6, 6.07) is 0. The Balaban J connectivity index is 2.31. The van der Waals surface area contributed by atoms with E-state index in [1.54, 1.807) is 13.8 Å². The Morgan fingerprint density at radius 1 is 1.39 bits per heavy atom. The Bertz CT molecular complexity index is 601. The van der Waals surface area contributed by atoms with Crippen LogP contribution in [0.3, 0.4) is 0 Å². The van der Waals surface area contributed by atoms with Crippen LogP contribution in [0.25, 0.3) is 0 Å². The minimum atomic E-state index is -0.320. The van der Waals surface area contributed by atoms with E-state index in [4.69, 9.17) is 0 Å². The van der Waals surface area contributed by atoms with Crippen LogP contribution in [0.1, 0.15) is 39.0 Å². The van der Waals surface area contributed by atoms with E-state index in [-0.39, 0.29) is 11.7 Å². The molecule has 7 heteroatoms. The number of nitrogens with zero attached hydrogens (tertiary/aromatic N) is 2. The predicted octanol–water partition coefficient (Wildman–Crippen LogP) is 1.94. The van der Waals surface area contributed by atoms with E-state index in [9.17, 15) is 9.59 Å². The van der Waals surface area contributed by atoms with Crippen molar-refractivity contribution in [3.8, 4) is 0 Å². The number of carbonyl (C=O) groups excluding carboxylic acids is 2. The number of nitrogens with one attached hydrogen (secondary N) is 2. The number of aromatic nitrogens is 3. The maximum atomic E-state index is 12.0. The predicted molar refractivity (Wildman–Crippen MR) is 68.1 cm³/mol.